The van der Waals surface area contributed by atoms with Gasteiger partial charge in [0.05, 0.1) is 23.0 Å². The molecule has 6 heteroatoms. The lowest BCUT2D eigenvalue weighted by molar-refractivity contribution is 0.199. The zero-order valence-corrected chi connectivity index (χ0v) is 13.7. The number of benzene rings is 1. The van der Waals surface area contributed by atoms with E-state index in [1.165, 1.54) is 5.56 Å². The molecule has 0 amide bonds. The lowest BCUT2D eigenvalue weighted by Gasteiger charge is -2.08. The van der Waals surface area contributed by atoms with Crippen LogP contribution in [0.2, 0.25) is 0 Å². The zero-order valence-electron chi connectivity index (χ0n) is 10.6. The molecule has 102 valence electrons. The van der Waals surface area contributed by atoms with Crippen molar-refractivity contribution in [2.24, 2.45) is 0 Å². The van der Waals surface area contributed by atoms with Crippen LogP contribution in [0.25, 0.3) is 5.69 Å². The molecule has 0 aliphatic rings. The lowest BCUT2D eigenvalue weighted by Crippen LogP contribution is -2.18. The molecule has 0 radical (unpaired) electrons. The fraction of sp³-hybridized carbons (Fsp3) is 0.308. The van der Waals surface area contributed by atoms with Gasteiger partial charge >= 0.3 is 0 Å². The normalized spacial score (nSPS) is 10.9. The van der Waals surface area contributed by atoms with Crippen LogP contribution in [-0.4, -0.2) is 30.0 Å². The molecule has 0 saturated carbocycles. The highest BCUT2D eigenvalue weighted by Gasteiger charge is 2.05. The van der Waals surface area contributed by atoms with Gasteiger partial charge in [-0.1, -0.05) is 6.07 Å². The van der Waals surface area contributed by atoms with E-state index in [0.717, 1.165) is 34.3 Å². The van der Waals surface area contributed by atoms with Crippen LogP contribution in [0.3, 0.4) is 0 Å². The molecular formula is C13H15Br2N3O. The molecule has 4 nitrogen and oxygen atoms in total. The molecule has 0 aliphatic heterocycles. The number of rotatable bonds is 6. The van der Waals surface area contributed by atoms with Crippen molar-refractivity contribution in [3.63, 3.8) is 0 Å². The Morgan fingerprint density at radius 2 is 2.21 bits per heavy atom. The van der Waals surface area contributed by atoms with Crippen LogP contribution in [0.1, 0.15) is 5.56 Å². The molecule has 0 spiro atoms. The molecule has 2 aromatic rings. The summed E-state index contributed by atoms with van der Waals surface area (Å²) in [4.78, 5) is 0. The van der Waals surface area contributed by atoms with Crippen molar-refractivity contribution < 1.29 is 4.74 Å². The minimum absolute atomic E-state index is 0.723. The predicted octanol–water partition coefficient (Wildman–Crippen LogP) is 3.13. The molecule has 2 rings (SSSR count). The van der Waals surface area contributed by atoms with Gasteiger partial charge in [0, 0.05) is 30.9 Å². The Balaban J connectivity index is 2.05. The summed E-state index contributed by atoms with van der Waals surface area (Å²) in [5, 5.41) is 7.59. The fourth-order valence-corrected chi connectivity index (χ4v) is 2.58. The summed E-state index contributed by atoms with van der Waals surface area (Å²) < 4.78 is 8.81. The van der Waals surface area contributed by atoms with Crippen molar-refractivity contribution in [1.29, 1.82) is 0 Å². The largest absolute Gasteiger partial charge is 0.383 e. The summed E-state index contributed by atoms with van der Waals surface area (Å²) in [6.07, 6.45) is 3.70. The zero-order chi connectivity index (χ0) is 13.7. The smallest absolute Gasteiger partial charge is 0.0788 e. The van der Waals surface area contributed by atoms with E-state index in [1.54, 1.807) is 13.3 Å². The second-order valence-corrected chi connectivity index (χ2v) is 5.83. The minimum Gasteiger partial charge on any atom is -0.383 e. The molecule has 1 aromatic carbocycles. The maximum absolute atomic E-state index is 4.99. The lowest BCUT2D eigenvalue weighted by atomic mass is 10.2. The number of methoxy groups -OCH3 is 1. The molecule has 0 atom stereocenters. The second kappa shape index (κ2) is 7.19. The van der Waals surface area contributed by atoms with Crippen molar-refractivity contribution in [2.75, 3.05) is 20.3 Å². The van der Waals surface area contributed by atoms with E-state index in [0.29, 0.717) is 0 Å². The van der Waals surface area contributed by atoms with Crippen LogP contribution >= 0.6 is 31.9 Å². The van der Waals surface area contributed by atoms with Gasteiger partial charge in [-0.2, -0.15) is 5.10 Å². The number of halogens is 2. The molecule has 0 unspecified atom stereocenters. The topological polar surface area (TPSA) is 39.1 Å². The van der Waals surface area contributed by atoms with Gasteiger partial charge in [-0.05, 0) is 49.6 Å². The Hall–Kier alpha value is -0.690. The van der Waals surface area contributed by atoms with E-state index in [-0.39, 0.29) is 0 Å². The highest BCUT2D eigenvalue weighted by Crippen LogP contribution is 2.23. The molecule has 1 N–H and O–H groups in total. The standard InChI is InChI=1S/C13H15Br2N3O/c1-19-5-4-16-7-10-2-3-13(12(15)6-10)18-9-11(14)8-17-18/h2-3,6,8-9,16H,4-5,7H2,1H3. The molecule has 0 fully saturated rings. The summed E-state index contributed by atoms with van der Waals surface area (Å²) in [5.74, 6) is 0. The average Bonchev–Trinajstić information content (AvgIpc) is 2.81. The summed E-state index contributed by atoms with van der Waals surface area (Å²) in [7, 11) is 1.70. The summed E-state index contributed by atoms with van der Waals surface area (Å²) in [5.41, 5.74) is 2.24. The van der Waals surface area contributed by atoms with Gasteiger partial charge in [-0.3, -0.25) is 0 Å². The Morgan fingerprint density at radius 3 is 2.84 bits per heavy atom. The average molecular weight is 389 g/mol. The first-order chi connectivity index (χ1) is 9.20. The minimum atomic E-state index is 0.723. The van der Waals surface area contributed by atoms with Crippen LogP contribution in [0.5, 0.6) is 0 Å². The van der Waals surface area contributed by atoms with Crippen molar-refractivity contribution in [2.45, 2.75) is 6.54 Å². The number of aromatic nitrogens is 2. The van der Waals surface area contributed by atoms with Crippen molar-refractivity contribution in [3.05, 3.63) is 45.1 Å². The maximum atomic E-state index is 4.99. The molecule has 0 aliphatic carbocycles. The summed E-state index contributed by atoms with van der Waals surface area (Å²) >= 11 is 6.98. The molecule has 1 heterocycles. The summed E-state index contributed by atoms with van der Waals surface area (Å²) in [6.45, 7) is 2.40. The third-order valence-corrected chi connectivity index (χ3v) is 3.67. The Bertz CT molecular complexity index is 542. The van der Waals surface area contributed by atoms with Crippen LogP contribution in [0.15, 0.2) is 39.5 Å². The van der Waals surface area contributed by atoms with Gasteiger partial charge in [0.1, 0.15) is 0 Å². The maximum Gasteiger partial charge on any atom is 0.0788 e. The van der Waals surface area contributed by atoms with Gasteiger partial charge in [-0.15, -0.1) is 0 Å². The third kappa shape index (κ3) is 4.14. The van der Waals surface area contributed by atoms with E-state index in [4.69, 9.17) is 4.74 Å². The number of ether oxygens (including phenoxy) is 1. The van der Waals surface area contributed by atoms with Crippen LogP contribution in [-0.2, 0) is 11.3 Å². The number of hydrogen-bond acceptors (Lipinski definition) is 3. The Morgan fingerprint density at radius 1 is 1.37 bits per heavy atom. The number of hydrogen-bond donors (Lipinski definition) is 1. The SMILES string of the molecule is COCCNCc1ccc(-n2cc(Br)cn2)c(Br)c1. The van der Waals surface area contributed by atoms with Crippen molar-refractivity contribution >= 4 is 31.9 Å². The molecular weight excluding hydrogens is 374 g/mol. The third-order valence-electron chi connectivity index (χ3n) is 2.62. The van der Waals surface area contributed by atoms with E-state index in [2.05, 4.69) is 60.5 Å². The van der Waals surface area contributed by atoms with Gasteiger partial charge < -0.3 is 10.1 Å². The summed E-state index contributed by atoms with van der Waals surface area (Å²) in [6, 6.07) is 6.25. The fourth-order valence-electron chi connectivity index (χ4n) is 1.69. The van der Waals surface area contributed by atoms with E-state index in [9.17, 15) is 0 Å². The van der Waals surface area contributed by atoms with Crippen LogP contribution < -0.4 is 5.32 Å². The highest BCUT2D eigenvalue weighted by atomic mass is 79.9. The first-order valence-electron chi connectivity index (χ1n) is 5.89. The van der Waals surface area contributed by atoms with Crippen LogP contribution in [0, 0.1) is 0 Å². The quantitative estimate of drug-likeness (QED) is 0.772. The molecule has 0 saturated heterocycles. The first-order valence-corrected chi connectivity index (χ1v) is 7.48. The second-order valence-electron chi connectivity index (χ2n) is 4.06. The molecule has 19 heavy (non-hydrogen) atoms. The van der Waals surface area contributed by atoms with Crippen LogP contribution in [0.4, 0.5) is 0 Å². The van der Waals surface area contributed by atoms with Crippen molar-refractivity contribution in [1.82, 2.24) is 15.1 Å². The Labute approximate surface area is 129 Å². The highest BCUT2D eigenvalue weighted by molar-refractivity contribution is 9.10. The molecule has 1 aromatic heterocycles. The van der Waals surface area contributed by atoms with Gasteiger partial charge in [0.2, 0.25) is 0 Å². The predicted molar refractivity (Wildman–Crippen MR) is 82.5 cm³/mol. The van der Waals surface area contributed by atoms with Gasteiger partial charge in [0.15, 0.2) is 0 Å². The van der Waals surface area contributed by atoms with E-state index >= 15 is 0 Å². The monoisotopic (exact) mass is 387 g/mol. The Kier molecular flexibility index (Phi) is 5.57. The first kappa shape index (κ1) is 14.7. The van der Waals surface area contributed by atoms with E-state index < -0.39 is 0 Å². The van der Waals surface area contributed by atoms with E-state index in [1.807, 2.05) is 10.9 Å². The van der Waals surface area contributed by atoms with Crippen molar-refractivity contribution in [3.8, 4) is 5.69 Å². The van der Waals surface area contributed by atoms with Gasteiger partial charge in [-0.25, -0.2) is 4.68 Å². The van der Waals surface area contributed by atoms with Gasteiger partial charge in [0.25, 0.3) is 0 Å². The molecule has 0 bridgehead atoms. The number of nitrogens with zero attached hydrogens (tertiary/aromatic N) is 2. The number of nitrogens with one attached hydrogen (secondary N) is 1.